The summed E-state index contributed by atoms with van der Waals surface area (Å²) in [5, 5.41) is 28.5. The van der Waals surface area contributed by atoms with Gasteiger partial charge in [-0.25, -0.2) is 14.4 Å². The minimum absolute atomic E-state index is 0.0195. The molecule has 2 atom stereocenters. The molecule has 0 radical (unpaired) electrons. The van der Waals surface area contributed by atoms with E-state index in [0.29, 0.717) is 31.5 Å². The number of ketones is 1. The van der Waals surface area contributed by atoms with Crippen molar-refractivity contribution in [2.45, 2.75) is 45.6 Å². The second kappa shape index (κ2) is 8.88. The molecule has 1 saturated carbocycles. The van der Waals surface area contributed by atoms with E-state index in [1.54, 1.807) is 24.0 Å². The first kappa shape index (κ1) is 23.2. The summed E-state index contributed by atoms with van der Waals surface area (Å²) in [5.41, 5.74) is 2.35. The van der Waals surface area contributed by atoms with Crippen LogP contribution in [0.5, 0.6) is 0 Å². The van der Waals surface area contributed by atoms with Gasteiger partial charge in [0.1, 0.15) is 5.78 Å². The molecule has 3 aromatic rings. The van der Waals surface area contributed by atoms with E-state index in [2.05, 4.69) is 10.2 Å². The first-order chi connectivity index (χ1) is 16.8. The van der Waals surface area contributed by atoms with E-state index < -0.39 is 17.3 Å². The van der Waals surface area contributed by atoms with Gasteiger partial charge in [0, 0.05) is 23.0 Å². The Labute approximate surface area is 203 Å². The number of carboxylic acids is 1. The highest BCUT2D eigenvalue weighted by Crippen LogP contribution is 2.45. The van der Waals surface area contributed by atoms with Gasteiger partial charge in [-0.1, -0.05) is 18.2 Å². The third kappa shape index (κ3) is 3.89. The number of aliphatic imine (C=N–C) groups is 1. The molecule has 0 amide bonds. The molecular weight excluding hydrogens is 446 g/mol. The minimum Gasteiger partial charge on any atom is -0.481 e. The zero-order valence-corrected chi connectivity index (χ0v) is 19.8. The van der Waals surface area contributed by atoms with Crippen LogP contribution < -0.4 is 0 Å². The summed E-state index contributed by atoms with van der Waals surface area (Å²) in [6.45, 7) is 3.18. The number of aliphatic hydroxyl groups is 1. The standard InChI is InChI=1S/C26H29N5O4/c1-16-22(17(2)33)23(18-8-10-26(15-32,11-9-18)25(34)35)29-24-21(13-28-31(16)24)19-12-27-30(14-19)20-6-4-3-5-7-20/h3-7,12-14,16,18,22,32H,8-11,15H2,1-2H3,(H,34,35). The predicted molar refractivity (Wildman–Crippen MR) is 130 cm³/mol. The summed E-state index contributed by atoms with van der Waals surface area (Å²) in [6, 6.07) is 9.62. The van der Waals surface area contributed by atoms with E-state index in [1.165, 1.54) is 0 Å². The number of hydrogen-bond acceptors (Lipinski definition) is 6. The minimum atomic E-state index is -1.11. The van der Waals surface area contributed by atoms with Crippen molar-refractivity contribution in [1.29, 1.82) is 0 Å². The van der Waals surface area contributed by atoms with Crippen LogP contribution in [0.1, 0.15) is 45.6 Å². The molecule has 3 heterocycles. The number of Topliss-reactive ketones (excluding diaryl/α,β-unsaturated/α-hetero) is 1. The number of hydrogen-bond donors (Lipinski definition) is 2. The van der Waals surface area contributed by atoms with Gasteiger partial charge in [-0.05, 0) is 57.6 Å². The number of carbonyl (C=O) groups excluding carboxylic acids is 1. The van der Waals surface area contributed by atoms with Crippen molar-refractivity contribution >= 4 is 23.3 Å². The lowest BCUT2D eigenvalue weighted by molar-refractivity contribution is -0.154. The molecule has 1 fully saturated rings. The summed E-state index contributed by atoms with van der Waals surface area (Å²) in [6.07, 6.45) is 7.34. The maximum atomic E-state index is 12.7. The van der Waals surface area contributed by atoms with Gasteiger partial charge in [0.05, 0.1) is 42.1 Å². The monoisotopic (exact) mass is 475 g/mol. The SMILES string of the molecule is CC(=O)C1C(C2CCC(CO)(C(=O)O)CC2)=Nc2c(-c3cnn(-c4ccccc4)c3)cnn2C1C. The van der Waals surface area contributed by atoms with Crippen LogP contribution >= 0.6 is 0 Å². The molecule has 0 bridgehead atoms. The Morgan fingerprint density at radius 3 is 2.46 bits per heavy atom. The maximum absolute atomic E-state index is 12.7. The largest absolute Gasteiger partial charge is 0.481 e. The van der Waals surface area contributed by atoms with E-state index in [1.807, 2.05) is 48.1 Å². The molecule has 5 rings (SSSR count). The van der Waals surface area contributed by atoms with Crippen molar-refractivity contribution < 1.29 is 19.8 Å². The van der Waals surface area contributed by atoms with Gasteiger partial charge < -0.3 is 10.2 Å². The number of aliphatic carboxylic acids is 1. The van der Waals surface area contributed by atoms with Gasteiger partial charge in [-0.3, -0.25) is 9.59 Å². The summed E-state index contributed by atoms with van der Waals surface area (Å²) in [4.78, 5) is 29.5. The topological polar surface area (TPSA) is 123 Å². The second-order valence-corrected chi connectivity index (χ2v) is 9.72. The van der Waals surface area contributed by atoms with Crippen molar-refractivity contribution in [1.82, 2.24) is 19.6 Å². The number of fused-ring (bicyclic) bond motifs is 1. The third-order valence-electron chi connectivity index (χ3n) is 7.66. The summed E-state index contributed by atoms with van der Waals surface area (Å²) in [5.74, 6) is -0.688. The number of para-hydroxylation sites is 1. The Bertz CT molecular complexity index is 1280. The van der Waals surface area contributed by atoms with Crippen LogP contribution in [0.2, 0.25) is 0 Å². The van der Waals surface area contributed by atoms with Gasteiger partial charge in [-0.2, -0.15) is 10.2 Å². The zero-order chi connectivity index (χ0) is 24.7. The van der Waals surface area contributed by atoms with E-state index in [4.69, 9.17) is 4.99 Å². The fourth-order valence-electron chi connectivity index (χ4n) is 5.53. The Kier molecular flexibility index (Phi) is 5.88. The Morgan fingerprint density at radius 2 is 1.83 bits per heavy atom. The fraction of sp³-hybridized carbons (Fsp3) is 0.423. The van der Waals surface area contributed by atoms with Gasteiger partial charge in [-0.15, -0.1) is 0 Å². The number of aromatic nitrogens is 4. The molecule has 0 spiro atoms. The van der Waals surface area contributed by atoms with Gasteiger partial charge in [0.15, 0.2) is 5.82 Å². The molecule has 0 saturated heterocycles. The molecule has 1 aromatic carbocycles. The molecule has 1 aliphatic carbocycles. The van der Waals surface area contributed by atoms with Crippen molar-refractivity contribution in [3.63, 3.8) is 0 Å². The van der Waals surface area contributed by atoms with Crippen LogP contribution in [0.25, 0.3) is 16.8 Å². The lowest BCUT2D eigenvalue weighted by atomic mass is 9.67. The molecule has 9 nitrogen and oxygen atoms in total. The highest BCUT2D eigenvalue weighted by atomic mass is 16.4. The lowest BCUT2D eigenvalue weighted by Gasteiger charge is -2.39. The molecule has 2 aromatic heterocycles. The summed E-state index contributed by atoms with van der Waals surface area (Å²) >= 11 is 0. The Balaban J connectivity index is 1.51. The van der Waals surface area contributed by atoms with Crippen LogP contribution in [-0.2, 0) is 9.59 Å². The zero-order valence-electron chi connectivity index (χ0n) is 19.8. The van der Waals surface area contributed by atoms with Crippen molar-refractivity contribution in [2.75, 3.05) is 6.61 Å². The molecule has 2 N–H and O–H groups in total. The van der Waals surface area contributed by atoms with Gasteiger partial charge >= 0.3 is 5.97 Å². The lowest BCUT2D eigenvalue weighted by Crippen LogP contribution is -2.43. The highest BCUT2D eigenvalue weighted by molar-refractivity contribution is 6.08. The van der Waals surface area contributed by atoms with Crippen LogP contribution in [0.15, 0.2) is 53.9 Å². The molecule has 35 heavy (non-hydrogen) atoms. The first-order valence-electron chi connectivity index (χ1n) is 12.0. The van der Waals surface area contributed by atoms with E-state index >= 15 is 0 Å². The summed E-state index contributed by atoms with van der Waals surface area (Å²) in [7, 11) is 0. The van der Waals surface area contributed by atoms with E-state index in [0.717, 1.165) is 22.5 Å². The Hall–Kier alpha value is -3.59. The van der Waals surface area contributed by atoms with Gasteiger partial charge in [0.25, 0.3) is 0 Å². The van der Waals surface area contributed by atoms with Crippen molar-refractivity contribution in [3.8, 4) is 16.8 Å². The number of carbonyl (C=O) groups is 2. The van der Waals surface area contributed by atoms with Crippen LogP contribution in [-0.4, -0.2) is 53.8 Å². The summed E-state index contributed by atoms with van der Waals surface area (Å²) < 4.78 is 3.61. The maximum Gasteiger partial charge on any atom is 0.311 e. The number of carboxylic acid groups (broad SMARTS) is 1. The Morgan fingerprint density at radius 1 is 1.11 bits per heavy atom. The van der Waals surface area contributed by atoms with Crippen LogP contribution in [0.4, 0.5) is 5.82 Å². The quantitative estimate of drug-likeness (QED) is 0.558. The van der Waals surface area contributed by atoms with Crippen molar-refractivity contribution in [2.24, 2.45) is 22.2 Å². The van der Waals surface area contributed by atoms with E-state index in [-0.39, 0.29) is 24.3 Å². The van der Waals surface area contributed by atoms with Crippen LogP contribution in [0.3, 0.4) is 0 Å². The van der Waals surface area contributed by atoms with Crippen LogP contribution in [0, 0.1) is 17.3 Å². The van der Waals surface area contributed by atoms with E-state index in [9.17, 15) is 19.8 Å². The molecule has 182 valence electrons. The first-order valence-corrected chi connectivity index (χ1v) is 12.0. The average Bonchev–Trinajstić information content (AvgIpc) is 3.51. The molecule has 9 heteroatoms. The third-order valence-corrected chi connectivity index (χ3v) is 7.66. The molecular formula is C26H29N5O4. The van der Waals surface area contributed by atoms with Crippen molar-refractivity contribution in [3.05, 3.63) is 48.9 Å². The molecule has 2 unspecified atom stereocenters. The molecule has 1 aliphatic heterocycles. The number of rotatable bonds is 6. The average molecular weight is 476 g/mol. The highest BCUT2D eigenvalue weighted by Gasteiger charge is 2.45. The number of nitrogens with zero attached hydrogens (tertiary/aromatic N) is 5. The van der Waals surface area contributed by atoms with Gasteiger partial charge in [0.2, 0.25) is 0 Å². The normalized spacial score (nSPS) is 26.1. The second-order valence-electron chi connectivity index (χ2n) is 9.72. The molecule has 2 aliphatic rings. The smallest absolute Gasteiger partial charge is 0.311 e. The number of aliphatic hydroxyl groups excluding tert-OH is 1. The number of benzene rings is 1. The fourth-order valence-corrected chi connectivity index (χ4v) is 5.53. The predicted octanol–water partition coefficient (Wildman–Crippen LogP) is 3.84.